The minimum atomic E-state index is -2.91. The number of alkyl halides is 2. The van der Waals surface area contributed by atoms with Gasteiger partial charge in [-0.1, -0.05) is 18.2 Å². The Morgan fingerprint density at radius 3 is 2.70 bits per heavy atom. The average molecular weight is 284 g/mol. The largest absolute Gasteiger partial charge is 0.434 e. The number of ether oxygens (including phenoxy) is 1. The number of imide groups is 1. The van der Waals surface area contributed by atoms with Gasteiger partial charge in [0.05, 0.1) is 12.5 Å². The van der Waals surface area contributed by atoms with Crippen LogP contribution in [0.4, 0.5) is 8.78 Å². The molecule has 1 N–H and O–H groups in total. The van der Waals surface area contributed by atoms with Crippen molar-refractivity contribution >= 4 is 11.8 Å². The van der Waals surface area contributed by atoms with Crippen molar-refractivity contribution in [1.82, 2.24) is 10.2 Å². The quantitative estimate of drug-likeness (QED) is 0.824. The van der Waals surface area contributed by atoms with Crippen LogP contribution in [0.2, 0.25) is 0 Å². The fraction of sp³-hybridized carbons (Fsp3) is 0.385. The maximum absolute atomic E-state index is 12.3. The van der Waals surface area contributed by atoms with E-state index in [0.29, 0.717) is 5.56 Å². The van der Waals surface area contributed by atoms with Gasteiger partial charge in [0.1, 0.15) is 5.75 Å². The fourth-order valence-electron chi connectivity index (χ4n) is 2.01. The standard InChI is InChI=1S/C13H14F2N2O3/c1-17-11(18)6-9(12(17)19)16-7-8-4-2-3-5-10(8)20-13(14)15/h2-5,9,13,16H,6-7H2,1H3. The predicted molar refractivity (Wildman–Crippen MR) is 66.1 cm³/mol. The van der Waals surface area contributed by atoms with Gasteiger partial charge in [-0.05, 0) is 6.07 Å². The average Bonchev–Trinajstić information content (AvgIpc) is 2.65. The second-order valence-corrected chi connectivity index (χ2v) is 4.41. The fourth-order valence-corrected chi connectivity index (χ4v) is 2.01. The highest BCUT2D eigenvalue weighted by molar-refractivity contribution is 6.05. The van der Waals surface area contributed by atoms with Gasteiger partial charge >= 0.3 is 6.61 Å². The van der Waals surface area contributed by atoms with E-state index in [-0.39, 0.29) is 30.5 Å². The maximum atomic E-state index is 12.3. The monoisotopic (exact) mass is 284 g/mol. The Labute approximate surface area is 114 Å². The molecule has 1 atom stereocenters. The number of likely N-dealkylation sites (tertiary alicyclic amines) is 1. The molecule has 0 bridgehead atoms. The first-order chi connectivity index (χ1) is 9.49. The number of hydrogen-bond acceptors (Lipinski definition) is 4. The Hall–Kier alpha value is -2.02. The summed E-state index contributed by atoms with van der Waals surface area (Å²) in [6.07, 6.45) is 0.0766. The highest BCUT2D eigenvalue weighted by Gasteiger charge is 2.35. The molecule has 2 amide bonds. The van der Waals surface area contributed by atoms with Crippen LogP contribution in [-0.4, -0.2) is 36.4 Å². The number of nitrogens with one attached hydrogen (secondary N) is 1. The number of amides is 2. The van der Waals surface area contributed by atoms with Crippen LogP contribution in [0.1, 0.15) is 12.0 Å². The minimum absolute atomic E-state index is 0.0557. The number of nitrogens with zero attached hydrogens (tertiary/aromatic N) is 1. The van der Waals surface area contributed by atoms with Gasteiger partial charge in [0.15, 0.2) is 0 Å². The van der Waals surface area contributed by atoms with Crippen molar-refractivity contribution in [1.29, 1.82) is 0 Å². The van der Waals surface area contributed by atoms with Crippen LogP contribution in [0.5, 0.6) is 5.75 Å². The summed E-state index contributed by atoms with van der Waals surface area (Å²) in [5, 5.41) is 2.89. The summed E-state index contributed by atoms with van der Waals surface area (Å²) < 4.78 is 28.9. The van der Waals surface area contributed by atoms with E-state index in [1.165, 1.54) is 13.1 Å². The molecule has 1 aliphatic heterocycles. The van der Waals surface area contributed by atoms with Crippen molar-refractivity contribution in [2.75, 3.05) is 7.05 Å². The minimum Gasteiger partial charge on any atom is -0.434 e. The number of benzene rings is 1. The molecular formula is C13H14F2N2O3. The van der Waals surface area contributed by atoms with Crippen LogP contribution in [0, 0.1) is 0 Å². The Balaban J connectivity index is 2.01. The van der Waals surface area contributed by atoms with E-state index >= 15 is 0 Å². The SMILES string of the molecule is CN1C(=O)CC(NCc2ccccc2OC(F)F)C1=O. The molecule has 1 unspecified atom stereocenters. The Kier molecular flexibility index (Phi) is 4.29. The number of halogens is 2. The van der Waals surface area contributed by atoms with Crippen LogP contribution in [0.3, 0.4) is 0 Å². The van der Waals surface area contributed by atoms with E-state index < -0.39 is 12.7 Å². The van der Waals surface area contributed by atoms with Gasteiger partial charge in [0.2, 0.25) is 11.8 Å². The summed E-state index contributed by atoms with van der Waals surface area (Å²) in [6.45, 7) is -2.74. The van der Waals surface area contributed by atoms with Crippen molar-refractivity contribution in [3.05, 3.63) is 29.8 Å². The molecule has 1 saturated heterocycles. The zero-order chi connectivity index (χ0) is 14.7. The molecule has 1 fully saturated rings. The van der Waals surface area contributed by atoms with Crippen molar-refractivity contribution < 1.29 is 23.1 Å². The van der Waals surface area contributed by atoms with Crippen molar-refractivity contribution in [3.8, 4) is 5.75 Å². The van der Waals surface area contributed by atoms with Gasteiger partial charge in [-0.2, -0.15) is 8.78 Å². The summed E-state index contributed by atoms with van der Waals surface area (Å²) in [6, 6.07) is 5.70. The Morgan fingerprint density at radius 1 is 1.40 bits per heavy atom. The predicted octanol–water partition coefficient (Wildman–Crippen LogP) is 1.13. The number of likely N-dealkylation sites (N-methyl/N-ethyl adjacent to an activating group) is 1. The lowest BCUT2D eigenvalue weighted by molar-refractivity contribution is -0.137. The number of rotatable bonds is 5. The van der Waals surface area contributed by atoms with Gasteiger partial charge in [-0.25, -0.2) is 0 Å². The number of hydrogen-bond donors (Lipinski definition) is 1. The lowest BCUT2D eigenvalue weighted by Gasteiger charge is -2.14. The highest BCUT2D eigenvalue weighted by Crippen LogP contribution is 2.21. The van der Waals surface area contributed by atoms with E-state index in [9.17, 15) is 18.4 Å². The molecule has 0 radical (unpaired) electrons. The number of para-hydroxylation sites is 1. The Morgan fingerprint density at radius 2 is 2.10 bits per heavy atom. The van der Waals surface area contributed by atoms with E-state index in [1.54, 1.807) is 18.2 Å². The zero-order valence-electron chi connectivity index (χ0n) is 10.8. The maximum Gasteiger partial charge on any atom is 0.387 e. The van der Waals surface area contributed by atoms with E-state index in [4.69, 9.17) is 0 Å². The van der Waals surface area contributed by atoms with Crippen LogP contribution in [0.15, 0.2) is 24.3 Å². The van der Waals surface area contributed by atoms with Gasteiger partial charge in [0, 0.05) is 19.2 Å². The second kappa shape index (κ2) is 5.96. The summed E-state index contributed by atoms with van der Waals surface area (Å²) in [5.41, 5.74) is 0.502. The molecule has 0 spiro atoms. The summed E-state index contributed by atoms with van der Waals surface area (Å²) in [5.74, 6) is -0.521. The molecule has 5 nitrogen and oxygen atoms in total. The van der Waals surface area contributed by atoms with Gasteiger partial charge in [-0.15, -0.1) is 0 Å². The molecule has 1 aromatic rings. The van der Waals surface area contributed by atoms with Crippen LogP contribution in [0.25, 0.3) is 0 Å². The normalized spacial score (nSPS) is 19.0. The molecule has 1 aromatic carbocycles. The van der Waals surface area contributed by atoms with Crippen LogP contribution in [-0.2, 0) is 16.1 Å². The van der Waals surface area contributed by atoms with Crippen molar-refractivity contribution in [2.45, 2.75) is 25.6 Å². The molecule has 20 heavy (non-hydrogen) atoms. The van der Waals surface area contributed by atoms with E-state index in [0.717, 1.165) is 4.90 Å². The zero-order valence-corrected chi connectivity index (χ0v) is 10.8. The van der Waals surface area contributed by atoms with Crippen LogP contribution >= 0.6 is 0 Å². The van der Waals surface area contributed by atoms with E-state index in [1.807, 2.05) is 0 Å². The molecule has 1 heterocycles. The van der Waals surface area contributed by atoms with E-state index in [2.05, 4.69) is 10.1 Å². The first kappa shape index (κ1) is 14.4. The third kappa shape index (κ3) is 3.11. The second-order valence-electron chi connectivity index (χ2n) is 4.41. The molecule has 2 rings (SSSR count). The van der Waals surface area contributed by atoms with Gasteiger partial charge < -0.3 is 10.1 Å². The number of carbonyl (C=O) groups excluding carboxylic acids is 2. The van der Waals surface area contributed by atoms with Gasteiger partial charge in [-0.3, -0.25) is 14.5 Å². The molecule has 108 valence electrons. The van der Waals surface area contributed by atoms with Gasteiger partial charge in [0.25, 0.3) is 0 Å². The lowest BCUT2D eigenvalue weighted by atomic mass is 10.1. The molecular weight excluding hydrogens is 270 g/mol. The topological polar surface area (TPSA) is 58.6 Å². The summed E-state index contributed by atoms with van der Waals surface area (Å²) in [7, 11) is 1.42. The third-order valence-electron chi connectivity index (χ3n) is 3.11. The summed E-state index contributed by atoms with van der Waals surface area (Å²) in [4.78, 5) is 24.1. The lowest BCUT2D eigenvalue weighted by Crippen LogP contribution is -2.36. The highest BCUT2D eigenvalue weighted by atomic mass is 19.3. The van der Waals surface area contributed by atoms with Crippen LogP contribution < -0.4 is 10.1 Å². The van der Waals surface area contributed by atoms with Crippen molar-refractivity contribution in [2.24, 2.45) is 0 Å². The Bertz CT molecular complexity index is 522. The summed E-state index contributed by atoms with van der Waals surface area (Å²) >= 11 is 0. The first-order valence-electron chi connectivity index (χ1n) is 6.05. The molecule has 0 aliphatic carbocycles. The van der Waals surface area contributed by atoms with Crippen molar-refractivity contribution in [3.63, 3.8) is 0 Å². The first-order valence-corrected chi connectivity index (χ1v) is 6.05. The molecule has 0 aromatic heterocycles. The third-order valence-corrected chi connectivity index (χ3v) is 3.11. The molecule has 1 aliphatic rings. The molecule has 7 heteroatoms. The number of carbonyl (C=O) groups is 2. The smallest absolute Gasteiger partial charge is 0.387 e. The molecule has 0 saturated carbocycles.